The maximum Gasteiger partial charge on any atom is 0.431 e. The molecule has 0 spiro atoms. The van der Waals surface area contributed by atoms with Gasteiger partial charge in [0.15, 0.2) is 0 Å². The van der Waals surface area contributed by atoms with Crippen LogP contribution < -0.4 is 5.48 Å². The summed E-state index contributed by atoms with van der Waals surface area (Å²) in [6.45, 7) is 7.42. The van der Waals surface area contributed by atoms with Gasteiger partial charge in [0, 0.05) is 5.92 Å². The molecule has 1 unspecified atom stereocenters. The summed E-state index contributed by atoms with van der Waals surface area (Å²) < 4.78 is 5.05. The zero-order chi connectivity index (χ0) is 15.2. The first kappa shape index (κ1) is 16.5. The molecule has 0 aliphatic carbocycles. The average molecular weight is 281 g/mol. The first-order valence-electron chi connectivity index (χ1n) is 6.60. The van der Waals surface area contributed by atoms with Gasteiger partial charge in [0.2, 0.25) is 0 Å². The van der Waals surface area contributed by atoms with E-state index in [-0.39, 0.29) is 19.1 Å². The van der Waals surface area contributed by atoms with Crippen LogP contribution in [0.3, 0.4) is 0 Å². The molecule has 0 fully saturated rings. The molecule has 1 atom stereocenters. The predicted octanol–water partition coefficient (Wildman–Crippen LogP) is 2.53. The molecule has 0 aliphatic rings. The van der Waals surface area contributed by atoms with E-state index in [0.29, 0.717) is 0 Å². The molecule has 0 heterocycles. The van der Waals surface area contributed by atoms with Crippen molar-refractivity contribution in [3.63, 3.8) is 0 Å². The van der Waals surface area contributed by atoms with Crippen molar-refractivity contribution < 1.29 is 19.5 Å². The second kappa shape index (κ2) is 7.26. The van der Waals surface area contributed by atoms with E-state index < -0.39 is 11.7 Å². The Balaban J connectivity index is 2.47. The fraction of sp³-hybridized carbons (Fsp3) is 0.533. The topological polar surface area (TPSA) is 67.8 Å². The predicted molar refractivity (Wildman–Crippen MR) is 76.3 cm³/mol. The van der Waals surface area contributed by atoms with Gasteiger partial charge in [-0.1, -0.05) is 24.3 Å². The molecule has 20 heavy (non-hydrogen) atoms. The summed E-state index contributed by atoms with van der Waals surface area (Å²) in [7, 11) is 0. The highest BCUT2D eigenvalue weighted by molar-refractivity contribution is 5.66. The average Bonchev–Trinajstić information content (AvgIpc) is 2.34. The molecule has 0 saturated carbocycles. The zero-order valence-electron chi connectivity index (χ0n) is 12.5. The largest absolute Gasteiger partial charge is 0.442 e. The van der Waals surface area contributed by atoms with Gasteiger partial charge < -0.3 is 9.84 Å². The first-order chi connectivity index (χ1) is 9.33. The quantitative estimate of drug-likeness (QED) is 0.814. The van der Waals surface area contributed by atoms with Crippen molar-refractivity contribution in [2.75, 3.05) is 13.2 Å². The van der Waals surface area contributed by atoms with Crippen molar-refractivity contribution in [3.05, 3.63) is 35.4 Å². The summed E-state index contributed by atoms with van der Waals surface area (Å²) in [6.07, 6.45) is -0.640. The normalized spacial score (nSPS) is 12.8. The Bertz CT molecular complexity index is 440. The van der Waals surface area contributed by atoms with E-state index in [1.54, 1.807) is 20.8 Å². The van der Waals surface area contributed by atoms with Crippen molar-refractivity contribution >= 4 is 6.09 Å². The Morgan fingerprint density at radius 1 is 1.35 bits per heavy atom. The number of aryl methyl sites for hydroxylation is 1. The maximum absolute atomic E-state index is 11.4. The smallest absolute Gasteiger partial charge is 0.431 e. The molecule has 2 N–H and O–H groups in total. The maximum atomic E-state index is 11.4. The fourth-order valence-corrected chi connectivity index (χ4v) is 1.79. The minimum absolute atomic E-state index is 0.0547. The molecule has 1 aromatic rings. The van der Waals surface area contributed by atoms with Gasteiger partial charge in [0.25, 0.3) is 0 Å². The van der Waals surface area contributed by atoms with Crippen LogP contribution in [0.1, 0.15) is 37.8 Å². The monoisotopic (exact) mass is 281 g/mol. The van der Waals surface area contributed by atoms with Crippen LogP contribution >= 0.6 is 0 Å². The SMILES string of the molecule is Cc1ccccc1C(CO)CONC(=O)OC(C)(C)C. The van der Waals surface area contributed by atoms with Crippen LogP contribution in [0, 0.1) is 6.92 Å². The van der Waals surface area contributed by atoms with Crippen LogP contribution in [0.5, 0.6) is 0 Å². The first-order valence-corrected chi connectivity index (χ1v) is 6.60. The summed E-state index contributed by atoms with van der Waals surface area (Å²) in [6, 6.07) is 7.76. The summed E-state index contributed by atoms with van der Waals surface area (Å²) >= 11 is 0. The van der Waals surface area contributed by atoms with Gasteiger partial charge in [-0.25, -0.2) is 4.79 Å². The van der Waals surface area contributed by atoms with Crippen molar-refractivity contribution in [1.29, 1.82) is 0 Å². The van der Waals surface area contributed by atoms with Gasteiger partial charge in [0.1, 0.15) is 5.60 Å². The number of benzene rings is 1. The third-order valence-corrected chi connectivity index (χ3v) is 2.69. The van der Waals surface area contributed by atoms with Crippen LogP contribution in [0.2, 0.25) is 0 Å². The number of rotatable bonds is 5. The molecule has 1 rings (SSSR count). The third kappa shape index (κ3) is 5.59. The van der Waals surface area contributed by atoms with Crippen molar-refractivity contribution in [3.8, 4) is 0 Å². The Kier molecular flexibility index (Phi) is 5.98. The molecular weight excluding hydrogens is 258 g/mol. The van der Waals surface area contributed by atoms with Crippen molar-refractivity contribution in [1.82, 2.24) is 5.48 Å². The minimum atomic E-state index is -0.640. The summed E-state index contributed by atoms with van der Waals surface area (Å²) in [5.41, 5.74) is 3.73. The van der Waals surface area contributed by atoms with Gasteiger partial charge in [0.05, 0.1) is 13.2 Å². The summed E-state index contributed by atoms with van der Waals surface area (Å²) in [4.78, 5) is 16.5. The highest BCUT2D eigenvalue weighted by Gasteiger charge is 2.17. The molecule has 5 nitrogen and oxygen atoms in total. The molecule has 112 valence electrons. The van der Waals surface area contributed by atoms with Crippen LogP contribution in [0.25, 0.3) is 0 Å². The number of hydroxylamine groups is 1. The Morgan fingerprint density at radius 3 is 2.55 bits per heavy atom. The summed E-state index contributed by atoms with van der Waals surface area (Å²) in [5.74, 6) is -0.189. The third-order valence-electron chi connectivity index (χ3n) is 2.69. The van der Waals surface area contributed by atoms with Crippen molar-refractivity contribution in [2.45, 2.75) is 39.2 Å². The number of carbonyl (C=O) groups is 1. The van der Waals surface area contributed by atoms with E-state index in [9.17, 15) is 9.90 Å². The van der Waals surface area contributed by atoms with Crippen LogP contribution in [-0.2, 0) is 9.57 Å². The van der Waals surface area contributed by atoms with Gasteiger partial charge in [-0.05, 0) is 38.8 Å². The minimum Gasteiger partial charge on any atom is -0.442 e. The number of amides is 1. The van der Waals surface area contributed by atoms with Crippen molar-refractivity contribution in [2.24, 2.45) is 0 Å². The van der Waals surface area contributed by atoms with E-state index in [4.69, 9.17) is 9.57 Å². The Labute approximate surface area is 119 Å². The molecule has 0 aromatic heterocycles. The van der Waals surface area contributed by atoms with Gasteiger partial charge >= 0.3 is 6.09 Å². The van der Waals surface area contributed by atoms with Gasteiger partial charge in [-0.2, -0.15) is 5.48 Å². The fourth-order valence-electron chi connectivity index (χ4n) is 1.79. The van der Waals surface area contributed by atoms with Crippen LogP contribution in [0.4, 0.5) is 4.79 Å². The highest BCUT2D eigenvalue weighted by atomic mass is 16.7. The van der Waals surface area contributed by atoms with E-state index >= 15 is 0 Å². The van der Waals surface area contributed by atoms with Crippen LogP contribution in [0.15, 0.2) is 24.3 Å². The number of nitrogens with one attached hydrogen (secondary N) is 1. The molecule has 5 heteroatoms. The number of carbonyl (C=O) groups excluding carboxylic acids is 1. The second-order valence-corrected chi connectivity index (χ2v) is 5.65. The van der Waals surface area contributed by atoms with Crippen LogP contribution in [-0.4, -0.2) is 30.0 Å². The van der Waals surface area contributed by atoms with Gasteiger partial charge in [-0.3, -0.25) is 4.84 Å². The van der Waals surface area contributed by atoms with Gasteiger partial charge in [-0.15, -0.1) is 0 Å². The van der Waals surface area contributed by atoms with E-state index in [1.807, 2.05) is 31.2 Å². The number of hydrogen-bond acceptors (Lipinski definition) is 4. The molecule has 1 aromatic carbocycles. The molecule has 1 amide bonds. The second-order valence-electron chi connectivity index (χ2n) is 5.65. The number of aliphatic hydroxyl groups is 1. The molecule has 0 bridgehead atoms. The highest BCUT2D eigenvalue weighted by Crippen LogP contribution is 2.19. The molecule has 0 aliphatic heterocycles. The lowest BCUT2D eigenvalue weighted by Crippen LogP contribution is -2.33. The molecular formula is C15H23NO4. The molecule has 0 saturated heterocycles. The lowest BCUT2D eigenvalue weighted by Gasteiger charge is -2.21. The Morgan fingerprint density at radius 2 is 2.00 bits per heavy atom. The van der Waals surface area contributed by atoms with E-state index in [0.717, 1.165) is 11.1 Å². The Hall–Kier alpha value is -1.59. The number of hydrogen-bond donors (Lipinski definition) is 2. The zero-order valence-corrected chi connectivity index (χ0v) is 12.5. The lowest BCUT2D eigenvalue weighted by molar-refractivity contribution is -0.0151. The standard InChI is InChI=1S/C15H23NO4/c1-11-7-5-6-8-13(11)12(9-17)10-19-16-14(18)20-15(2,3)4/h5-8,12,17H,9-10H2,1-4H3,(H,16,18). The number of aliphatic hydroxyl groups excluding tert-OH is 1. The van der Waals surface area contributed by atoms with E-state index in [1.165, 1.54) is 0 Å². The summed E-state index contributed by atoms with van der Waals surface area (Å²) in [5, 5.41) is 9.43. The lowest BCUT2D eigenvalue weighted by atomic mass is 9.96. The molecule has 0 radical (unpaired) electrons. The number of ether oxygens (including phenoxy) is 1. The van der Waals surface area contributed by atoms with E-state index in [2.05, 4.69) is 5.48 Å².